The van der Waals surface area contributed by atoms with Crippen molar-refractivity contribution in [3.63, 3.8) is 0 Å². The summed E-state index contributed by atoms with van der Waals surface area (Å²) in [5, 5.41) is 0. The highest BCUT2D eigenvalue weighted by Crippen LogP contribution is 2.56. The number of ether oxygens (including phenoxy) is 1. The Kier molecular flexibility index (Phi) is 5.12. The van der Waals surface area contributed by atoms with E-state index >= 15 is 0 Å². The van der Waals surface area contributed by atoms with Gasteiger partial charge in [-0.05, 0) is 62.2 Å². The molecule has 4 aliphatic carbocycles. The summed E-state index contributed by atoms with van der Waals surface area (Å²) < 4.78 is 7.47. The van der Waals surface area contributed by atoms with Crippen LogP contribution in [0.25, 0.3) is 0 Å². The summed E-state index contributed by atoms with van der Waals surface area (Å²) in [6, 6.07) is 0. The number of ketones is 1. The Morgan fingerprint density at radius 2 is 1.66 bits per heavy atom. The molecule has 158 valence electrons. The van der Waals surface area contributed by atoms with Crippen molar-refractivity contribution in [2.45, 2.75) is 52.0 Å². The smallest absolute Gasteiger partial charge is 0.332 e. The lowest BCUT2D eigenvalue weighted by atomic mass is 9.52. The molecule has 0 unspecified atom stereocenters. The Hall–Kier alpha value is -2.38. The Balaban J connectivity index is 1.50. The molecule has 0 aromatic carbocycles. The van der Waals surface area contributed by atoms with Gasteiger partial charge < -0.3 is 10.5 Å². The first-order chi connectivity index (χ1) is 13.8. The zero-order valence-electron chi connectivity index (χ0n) is 17.1. The highest BCUT2D eigenvalue weighted by Gasteiger charge is 2.51. The highest BCUT2D eigenvalue weighted by atomic mass is 16.5. The van der Waals surface area contributed by atoms with Crippen LogP contribution in [0.5, 0.6) is 0 Å². The van der Waals surface area contributed by atoms with Crippen molar-refractivity contribution in [3.8, 4) is 0 Å². The minimum atomic E-state index is -0.754. The molecule has 0 amide bonds. The Labute approximate surface area is 169 Å². The molecule has 29 heavy (non-hydrogen) atoms. The van der Waals surface area contributed by atoms with Crippen molar-refractivity contribution >= 4 is 17.6 Å². The summed E-state index contributed by atoms with van der Waals surface area (Å²) in [6.07, 6.45) is 6.24. The lowest BCUT2D eigenvalue weighted by Gasteiger charge is -2.53. The molecular weight excluding hydrogens is 374 g/mol. The normalized spacial score (nSPS) is 29.8. The quantitative estimate of drug-likeness (QED) is 0.566. The van der Waals surface area contributed by atoms with Crippen LogP contribution in [-0.4, -0.2) is 27.5 Å². The molecule has 4 bridgehead atoms. The first kappa shape index (κ1) is 19.9. The van der Waals surface area contributed by atoms with Crippen LogP contribution < -0.4 is 17.0 Å². The van der Waals surface area contributed by atoms with E-state index in [1.54, 1.807) is 0 Å². The second-order valence-electron chi connectivity index (χ2n) is 9.05. The molecule has 8 heteroatoms. The van der Waals surface area contributed by atoms with Crippen LogP contribution in [0.3, 0.4) is 0 Å². The monoisotopic (exact) mass is 403 g/mol. The number of nitrogen functional groups attached to an aromatic ring is 1. The number of hydrogen-bond acceptors (Lipinski definition) is 6. The molecule has 4 aliphatic rings. The molecule has 8 nitrogen and oxygen atoms in total. The predicted octanol–water partition coefficient (Wildman–Crippen LogP) is 1.34. The summed E-state index contributed by atoms with van der Waals surface area (Å²) in [4.78, 5) is 50.2. The third kappa shape index (κ3) is 3.32. The van der Waals surface area contributed by atoms with Gasteiger partial charge in [-0.3, -0.25) is 23.5 Å². The zero-order valence-corrected chi connectivity index (χ0v) is 17.1. The topological polar surface area (TPSA) is 113 Å². The van der Waals surface area contributed by atoms with E-state index in [1.807, 2.05) is 6.92 Å². The average Bonchev–Trinajstić information content (AvgIpc) is 2.67. The summed E-state index contributed by atoms with van der Waals surface area (Å²) in [7, 11) is 1.31. The number of carbonyl (C=O) groups is 2. The number of nitrogens with two attached hydrogens (primary N) is 1. The van der Waals surface area contributed by atoms with E-state index in [0.717, 1.165) is 42.1 Å². The minimum absolute atomic E-state index is 0.134. The molecule has 1 heterocycles. The number of rotatable bonds is 6. The molecule has 4 fully saturated rings. The first-order valence-electron chi connectivity index (χ1n) is 10.6. The maximum absolute atomic E-state index is 12.8. The van der Waals surface area contributed by atoms with Crippen molar-refractivity contribution in [1.29, 1.82) is 0 Å². The summed E-state index contributed by atoms with van der Waals surface area (Å²) in [5.41, 5.74) is 4.38. The maximum atomic E-state index is 12.8. The van der Waals surface area contributed by atoms with Gasteiger partial charge in [-0.15, -0.1) is 0 Å². The first-order valence-corrected chi connectivity index (χ1v) is 10.6. The van der Waals surface area contributed by atoms with Crippen molar-refractivity contribution < 1.29 is 14.3 Å². The molecule has 5 rings (SSSR count). The van der Waals surface area contributed by atoms with Crippen LogP contribution in [0.1, 0.15) is 55.8 Å². The average molecular weight is 403 g/mol. The highest BCUT2D eigenvalue weighted by molar-refractivity contribution is 6.01. The molecular formula is C21H29N3O5. The summed E-state index contributed by atoms with van der Waals surface area (Å²) in [5.74, 6) is 0.919. The van der Waals surface area contributed by atoms with Gasteiger partial charge in [0, 0.05) is 13.6 Å². The third-order valence-electron chi connectivity index (χ3n) is 7.15. The molecule has 2 N–H and O–H groups in total. The zero-order chi connectivity index (χ0) is 20.9. The number of anilines is 1. The van der Waals surface area contributed by atoms with Crippen LogP contribution >= 0.6 is 0 Å². The molecule has 0 spiro atoms. The SMILES string of the molecule is CCCn1c(N)c(C(=O)COC(=O)C2C3CC4CC(C3)CC2C4)c(=O)n(C)c1=O. The number of hydrogen-bond donors (Lipinski definition) is 1. The Morgan fingerprint density at radius 1 is 1.07 bits per heavy atom. The van der Waals surface area contributed by atoms with Gasteiger partial charge >= 0.3 is 11.7 Å². The molecule has 4 saturated carbocycles. The number of aromatic nitrogens is 2. The molecule has 0 atom stereocenters. The molecule has 1 aromatic rings. The van der Waals surface area contributed by atoms with E-state index in [9.17, 15) is 19.2 Å². The van der Waals surface area contributed by atoms with Gasteiger partial charge in [0.2, 0.25) is 5.78 Å². The number of carbonyl (C=O) groups excluding carboxylic acids is 2. The van der Waals surface area contributed by atoms with Crippen LogP contribution in [-0.2, 0) is 23.1 Å². The van der Waals surface area contributed by atoms with Gasteiger partial charge in [-0.25, -0.2) is 4.79 Å². The van der Waals surface area contributed by atoms with Crippen molar-refractivity contribution in [1.82, 2.24) is 9.13 Å². The third-order valence-corrected chi connectivity index (χ3v) is 7.15. The van der Waals surface area contributed by atoms with Gasteiger partial charge in [-0.1, -0.05) is 6.92 Å². The fourth-order valence-corrected chi connectivity index (χ4v) is 6.10. The number of nitrogens with zero attached hydrogens (tertiary/aromatic N) is 2. The largest absolute Gasteiger partial charge is 0.457 e. The van der Waals surface area contributed by atoms with Crippen LogP contribution in [0.4, 0.5) is 5.82 Å². The van der Waals surface area contributed by atoms with E-state index in [2.05, 4.69) is 0 Å². The predicted molar refractivity (Wildman–Crippen MR) is 106 cm³/mol. The van der Waals surface area contributed by atoms with E-state index in [0.29, 0.717) is 24.8 Å². The summed E-state index contributed by atoms with van der Waals surface area (Å²) in [6.45, 7) is 1.64. The lowest BCUT2D eigenvalue weighted by molar-refractivity contribution is -0.161. The van der Waals surface area contributed by atoms with Crippen LogP contribution in [0.15, 0.2) is 9.59 Å². The lowest BCUT2D eigenvalue weighted by Crippen LogP contribution is -2.48. The molecule has 0 radical (unpaired) electrons. The molecule has 0 aliphatic heterocycles. The van der Waals surface area contributed by atoms with E-state index in [-0.39, 0.29) is 23.3 Å². The van der Waals surface area contributed by atoms with Gasteiger partial charge in [0.05, 0.1) is 5.92 Å². The maximum Gasteiger partial charge on any atom is 0.332 e. The fraction of sp³-hybridized carbons (Fsp3) is 0.714. The second-order valence-corrected chi connectivity index (χ2v) is 9.05. The van der Waals surface area contributed by atoms with Crippen LogP contribution in [0, 0.1) is 29.6 Å². The Bertz CT molecular complexity index is 932. The van der Waals surface area contributed by atoms with Crippen molar-refractivity contribution in [3.05, 3.63) is 26.4 Å². The molecule has 0 saturated heterocycles. The van der Waals surface area contributed by atoms with E-state index < -0.39 is 23.6 Å². The van der Waals surface area contributed by atoms with Gasteiger partial charge in [0.1, 0.15) is 11.4 Å². The summed E-state index contributed by atoms with van der Waals surface area (Å²) >= 11 is 0. The van der Waals surface area contributed by atoms with Gasteiger partial charge in [0.15, 0.2) is 6.61 Å². The van der Waals surface area contributed by atoms with Gasteiger partial charge in [-0.2, -0.15) is 0 Å². The van der Waals surface area contributed by atoms with Crippen molar-refractivity contribution in [2.75, 3.05) is 12.3 Å². The van der Waals surface area contributed by atoms with Crippen molar-refractivity contribution in [2.24, 2.45) is 36.6 Å². The molecule has 1 aromatic heterocycles. The van der Waals surface area contributed by atoms with Gasteiger partial charge in [0.25, 0.3) is 5.56 Å². The second kappa shape index (κ2) is 7.46. The standard InChI is InChI=1S/C21H29N3O5/c1-3-4-24-18(22)17(19(26)23(2)21(24)28)15(25)10-29-20(27)16-13-6-11-5-12(8-13)9-14(16)7-11/h11-14,16H,3-10,22H2,1-2H3. The fourth-order valence-electron chi connectivity index (χ4n) is 6.10. The van der Waals surface area contributed by atoms with E-state index in [4.69, 9.17) is 10.5 Å². The Morgan fingerprint density at radius 3 is 2.21 bits per heavy atom. The number of esters is 1. The minimum Gasteiger partial charge on any atom is -0.457 e. The number of Topliss-reactive ketones (excluding diaryl/α,β-unsaturated/α-hetero) is 1. The van der Waals surface area contributed by atoms with Crippen LogP contribution in [0.2, 0.25) is 0 Å². The van der Waals surface area contributed by atoms with E-state index in [1.165, 1.54) is 18.0 Å².